The molecule has 0 saturated heterocycles. The number of anilines is 2. The third-order valence-electron chi connectivity index (χ3n) is 5.13. The Morgan fingerprint density at radius 2 is 1.70 bits per heavy atom. The fraction of sp³-hybridized carbons (Fsp3) is 0.120. The lowest BCUT2D eigenvalue weighted by Crippen LogP contribution is -2.33. The molecule has 33 heavy (non-hydrogen) atoms. The highest BCUT2D eigenvalue weighted by atomic mass is 35.5. The zero-order chi connectivity index (χ0) is 23.7. The van der Waals surface area contributed by atoms with Crippen LogP contribution in [-0.2, 0) is 9.59 Å². The van der Waals surface area contributed by atoms with Crippen LogP contribution in [0.25, 0.3) is 5.57 Å². The second-order valence-corrected chi connectivity index (χ2v) is 7.75. The number of halogens is 3. The van der Waals surface area contributed by atoms with E-state index in [0.29, 0.717) is 39.6 Å². The van der Waals surface area contributed by atoms with Crippen LogP contribution in [0.15, 0.2) is 66.4 Å². The lowest BCUT2D eigenvalue weighted by molar-refractivity contribution is -0.120. The van der Waals surface area contributed by atoms with Crippen LogP contribution in [-0.4, -0.2) is 18.4 Å². The van der Waals surface area contributed by atoms with Crippen LogP contribution < -0.4 is 15.0 Å². The van der Waals surface area contributed by atoms with E-state index >= 15 is 0 Å². The molecule has 0 aromatic heterocycles. The standard InChI is InChI=1S/C25H19ClF2N2O3/c1-3-33-18-9-5-15(6-10-18)22-23(29-17-8-4-14(2)19(26)13-17)25(32)30(24(22)31)21-11-7-16(27)12-20(21)28/h4-13,29H,3H2,1-2H3. The maximum absolute atomic E-state index is 14.5. The number of hydrogen-bond donors (Lipinski definition) is 1. The molecule has 0 unspecified atom stereocenters. The third-order valence-corrected chi connectivity index (χ3v) is 5.54. The molecule has 168 valence electrons. The number of nitrogens with one attached hydrogen (secondary N) is 1. The lowest BCUT2D eigenvalue weighted by atomic mass is 10.0. The van der Waals surface area contributed by atoms with Gasteiger partial charge in [-0.25, -0.2) is 13.7 Å². The zero-order valence-electron chi connectivity index (χ0n) is 17.8. The third kappa shape index (κ3) is 4.32. The van der Waals surface area contributed by atoms with Gasteiger partial charge in [-0.15, -0.1) is 0 Å². The van der Waals surface area contributed by atoms with Crippen molar-refractivity contribution in [3.63, 3.8) is 0 Å². The zero-order valence-corrected chi connectivity index (χ0v) is 18.5. The van der Waals surface area contributed by atoms with E-state index in [2.05, 4.69) is 5.32 Å². The summed E-state index contributed by atoms with van der Waals surface area (Å²) in [6.45, 7) is 4.15. The molecule has 0 aliphatic carbocycles. The summed E-state index contributed by atoms with van der Waals surface area (Å²) in [4.78, 5) is 27.4. The molecular weight excluding hydrogens is 450 g/mol. The quantitative estimate of drug-likeness (QED) is 0.470. The van der Waals surface area contributed by atoms with Gasteiger partial charge >= 0.3 is 0 Å². The van der Waals surface area contributed by atoms with Crippen LogP contribution in [0, 0.1) is 18.6 Å². The molecular formula is C25H19ClF2N2O3. The van der Waals surface area contributed by atoms with Gasteiger partial charge in [-0.1, -0.05) is 29.8 Å². The van der Waals surface area contributed by atoms with Crippen LogP contribution in [0.2, 0.25) is 5.02 Å². The summed E-state index contributed by atoms with van der Waals surface area (Å²) < 4.78 is 33.4. The van der Waals surface area contributed by atoms with E-state index < -0.39 is 23.4 Å². The van der Waals surface area contributed by atoms with Crippen molar-refractivity contribution >= 4 is 40.4 Å². The normalized spacial score (nSPS) is 13.7. The summed E-state index contributed by atoms with van der Waals surface area (Å²) in [5.41, 5.74) is 1.41. The first kappa shape index (κ1) is 22.5. The maximum atomic E-state index is 14.5. The maximum Gasteiger partial charge on any atom is 0.282 e. The van der Waals surface area contributed by atoms with E-state index in [-0.39, 0.29) is 17.0 Å². The van der Waals surface area contributed by atoms with Crippen molar-refractivity contribution in [1.82, 2.24) is 0 Å². The number of nitrogens with zero attached hydrogens (tertiary/aromatic N) is 1. The summed E-state index contributed by atoms with van der Waals surface area (Å²) in [5.74, 6) is -2.76. The first-order valence-corrected chi connectivity index (χ1v) is 10.5. The second-order valence-electron chi connectivity index (χ2n) is 7.34. The van der Waals surface area contributed by atoms with Gasteiger partial charge in [-0.2, -0.15) is 0 Å². The fourth-order valence-electron chi connectivity index (χ4n) is 3.49. The summed E-state index contributed by atoms with van der Waals surface area (Å²) in [6, 6.07) is 14.4. The summed E-state index contributed by atoms with van der Waals surface area (Å²) >= 11 is 6.21. The average molecular weight is 469 g/mol. The van der Waals surface area contributed by atoms with Crippen molar-refractivity contribution in [3.8, 4) is 5.75 Å². The van der Waals surface area contributed by atoms with Gasteiger partial charge in [-0.05, 0) is 61.4 Å². The van der Waals surface area contributed by atoms with Gasteiger partial charge in [0.2, 0.25) is 0 Å². The van der Waals surface area contributed by atoms with Gasteiger partial charge < -0.3 is 10.1 Å². The van der Waals surface area contributed by atoms with E-state index in [1.807, 2.05) is 13.8 Å². The van der Waals surface area contributed by atoms with Crippen molar-refractivity contribution in [2.24, 2.45) is 0 Å². The highest BCUT2D eigenvalue weighted by molar-refractivity contribution is 6.46. The van der Waals surface area contributed by atoms with Gasteiger partial charge in [0.25, 0.3) is 11.8 Å². The number of hydrogen-bond acceptors (Lipinski definition) is 4. The predicted molar refractivity (Wildman–Crippen MR) is 123 cm³/mol. The molecule has 8 heteroatoms. The summed E-state index contributed by atoms with van der Waals surface area (Å²) in [5, 5.41) is 3.44. The molecule has 0 fully saturated rings. The number of carbonyl (C=O) groups excluding carboxylic acids is 2. The van der Waals surface area contributed by atoms with E-state index in [0.717, 1.165) is 17.7 Å². The minimum Gasteiger partial charge on any atom is -0.494 e. The van der Waals surface area contributed by atoms with E-state index in [1.165, 1.54) is 0 Å². The van der Waals surface area contributed by atoms with Gasteiger partial charge in [0.1, 0.15) is 23.1 Å². The van der Waals surface area contributed by atoms with Crippen LogP contribution in [0.4, 0.5) is 20.2 Å². The second kappa shape index (κ2) is 9.03. The van der Waals surface area contributed by atoms with Crippen LogP contribution in [0.1, 0.15) is 18.1 Å². The smallest absolute Gasteiger partial charge is 0.282 e. The molecule has 5 nitrogen and oxygen atoms in total. The molecule has 1 N–H and O–H groups in total. The Labute approximate surface area is 194 Å². The molecule has 0 bridgehead atoms. The minimum absolute atomic E-state index is 0.0449. The molecule has 4 rings (SSSR count). The Morgan fingerprint density at radius 3 is 2.33 bits per heavy atom. The average Bonchev–Trinajstić information content (AvgIpc) is 3.01. The van der Waals surface area contributed by atoms with Crippen molar-refractivity contribution in [2.75, 3.05) is 16.8 Å². The fourth-order valence-corrected chi connectivity index (χ4v) is 3.67. The predicted octanol–water partition coefficient (Wildman–Crippen LogP) is 5.72. The number of carbonyl (C=O) groups is 2. The topological polar surface area (TPSA) is 58.6 Å². The van der Waals surface area contributed by atoms with Gasteiger partial charge in [0.15, 0.2) is 0 Å². The van der Waals surface area contributed by atoms with E-state index in [9.17, 15) is 18.4 Å². The number of rotatable bonds is 6. The first-order chi connectivity index (χ1) is 15.8. The molecule has 0 saturated carbocycles. The van der Waals surface area contributed by atoms with E-state index in [1.54, 1.807) is 42.5 Å². The van der Waals surface area contributed by atoms with Crippen LogP contribution >= 0.6 is 11.6 Å². The van der Waals surface area contributed by atoms with Crippen LogP contribution in [0.3, 0.4) is 0 Å². The summed E-state index contributed by atoms with van der Waals surface area (Å²) in [7, 11) is 0. The molecule has 1 aliphatic heterocycles. The van der Waals surface area contributed by atoms with Crippen molar-refractivity contribution in [1.29, 1.82) is 0 Å². The minimum atomic E-state index is -1.03. The molecule has 0 radical (unpaired) electrons. The molecule has 0 atom stereocenters. The molecule has 0 spiro atoms. The number of benzene rings is 3. The Bertz CT molecular complexity index is 1290. The Hall–Kier alpha value is -3.71. The molecule has 2 amide bonds. The van der Waals surface area contributed by atoms with Gasteiger partial charge in [0, 0.05) is 16.8 Å². The number of ether oxygens (including phenoxy) is 1. The summed E-state index contributed by atoms with van der Waals surface area (Å²) in [6.07, 6.45) is 0. The van der Waals surface area contributed by atoms with E-state index in [4.69, 9.17) is 16.3 Å². The Morgan fingerprint density at radius 1 is 0.970 bits per heavy atom. The molecule has 1 heterocycles. The van der Waals surface area contributed by atoms with Crippen molar-refractivity contribution < 1.29 is 23.1 Å². The van der Waals surface area contributed by atoms with Gasteiger partial charge in [0.05, 0.1) is 17.9 Å². The highest BCUT2D eigenvalue weighted by Crippen LogP contribution is 2.36. The molecule has 3 aromatic rings. The highest BCUT2D eigenvalue weighted by Gasteiger charge is 2.41. The van der Waals surface area contributed by atoms with Crippen molar-refractivity contribution in [2.45, 2.75) is 13.8 Å². The van der Waals surface area contributed by atoms with Crippen molar-refractivity contribution in [3.05, 3.63) is 94.1 Å². The number of amides is 2. The SMILES string of the molecule is CCOc1ccc(C2=C(Nc3ccc(C)c(Cl)c3)C(=O)N(c3ccc(F)cc3F)C2=O)cc1. The molecule has 1 aliphatic rings. The number of imide groups is 1. The lowest BCUT2D eigenvalue weighted by Gasteiger charge is -2.16. The molecule has 3 aromatic carbocycles. The largest absolute Gasteiger partial charge is 0.494 e. The first-order valence-electron chi connectivity index (χ1n) is 10.1. The number of aryl methyl sites for hydroxylation is 1. The van der Waals surface area contributed by atoms with Gasteiger partial charge in [-0.3, -0.25) is 9.59 Å². The Balaban J connectivity index is 1.82. The Kier molecular flexibility index (Phi) is 6.16. The monoisotopic (exact) mass is 468 g/mol. The van der Waals surface area contributed by atoms with Crippen LogP contribution in [0.5, 0.6) is 5.75 Å².